The van der Waals surface area contributed by atoms with Crippen LogP contribution in [0, 0.1) is 68.5 Å². The standard InChI is InChI=1S/C27H36Cl2N2.2C22H30O4.C3H7ClI.2CH4/c1-16(2)20-11-9-12-21(17(3)4)24(20)30-15-31(27(29)26(30)28)25-22(18(5)6)13-10-14-23(25)19(7)8;1-5-19(3)12-16(14-23)21-7-6-15(2)20(4,17(24)13-19)18(21)22(9-8-21)25-10-11-26-22;1-6-19(4,15-23)14-17(24)20(5)16(3)8-9-21(7-2)10-11-22(18(20)21)25-12-13-26-22;1-2-3-5-4;;/h9-14,16-19H,15H2,1-8H3;5,12,14-15,18H,1,6-11,13H2,2-4H3;2,6,15-16,18H,1,8-14H2,3-5H3;2-3H2,1H3;2*1H4/q;;;-1;;/t;15-,18?,19+,20+,21+;16-,18?,19-,20+,21+;;;/m.11.../s1. The Balaban J connectivity index is 0.000000235. The van der Waals surface area contributed by atoms with Gasteiger partial charge in [-0.1, -0.05) is 189 Å². The molecule has 0 radical (unpaired) electrons. The van der Waals surface area contributed by atoms with Crippen molar-refractivity contribution in [3.63, 3.8) is 0 Å². The molecule has 2 unspecified atom stereocenters. The van der Waals surface area contributed by atoms with E-state index < -0.39 is 33.2 Å². The summed E-state index contributed by atoms with van der Waals surface area (Å²) in [5, 5.41) is 1.20. The molecule has 2 spiro atoms. The summed E-state index contributed by atoms with van der Waals surface area (Å²) in [6.45, 7) is 42.8. The van der Waals surface area contributed by atoms with Gasteiger partial charge in [0.15, 0.2) is 11.6 Å². The van der Waals surface area contributed by atoms with Gasteiger partial charge in [-0.3, -0.25) is 14.4 Å². The number of nitrogens with zero attached hydrogens (tertiary/aromatic N) is 2. The fourth-order valence-electron chi connectivity index (χ4n) is 16.7. The van der Waals surface area contributed by atoms with E-state index >= 15 is 0 Å². The molecule has 2 bridgehead atoms. The van der Waals surface area contributed by atoms with E-state index in [-0.39, 0.29) is 87.4 Å². The molecule has 0 N–H and O–H groups in total. The average Bonchev–Trinajstić information content (AvgIpc) is 1.40. The fourth-order valence-corrected chi connectivity index (χ4v) is 18.5. The summed E-state index contributed by atoms with van der Waals surface area (Å²) in [5.41, 5.74) is 5.10. The number of ketones is 2. The van der Waals surface area contributed by atoms with Crippen molar-refractivity contribution >= 4 is 67.6 Å². The van der Waals surface area contributed by atoms with Gasteiger partial charge >= 0.3 is 46.8 Å². The fraction of sp³-hybridized carbons (Fsp3) is 0.658. The number of carbonyl (C=O) groups excluding carboxylic acids is 4. The van der Waals surface area contributed by atoms with Crippen molar-refractivity contribution in [3.05, 3.63) is 106 Å². The first kappa shape index (κ1) is 77.4. The number of para-hydroxylation sites is 2. The van der Waals surface area contributed by atoms with Gasteiger partial charge < -0.3 is 33.5 Å². The monoisotopic (exact) mass is 1410 g/mol. The first-order chi connectivity index (χ1) is 41.5. The summed E-state index contributed by atoms with van der Waals surface area (Å²) in [6, 6.07) is 13.2. The molecular weight excluding hydrogens is 1300 g/mol. The molecule has 3 aliphatic heterocycles. The summed E-state index contributed by atoms with van der Waals surface area (Å²) >= 11 is 14.0. The summed E-state index contributed by atoms with van der Waals surface area (Å²) in [6.07, 6.45) is 21.8. The van der Waals surface area contributed by atoms with Crippen molar-refractivity contribution < 1.29 is 58.2 Å². The molecule has 90 heavy (non-hydrogen) atoms. The number of anilines is 2. The number of hydrogen-bond acceptors (Lipinski definition) is 10. The SMILES string of the molecule is C.C.C#C[C@@]12CC[C@@H](C)[C@@](C)(C(=O)C[C@@](C)(C=C)C=O)C1C1(CC2)OCCO1.C=C[C@@]1(C)C=C(C=O)[C@@]23CC[C@@H](C)[C@@](C)(C(=O)C1)C2C1(CC3)OCCO1.CC(C)c1cccc(C(C)C)c1N1CN(c2c(C(C)C)cccc2C(C)C)C(Cl)=C1Cl.CCC[I-]Cl. The second kappa shape index (κ2) is 30.6. The maximum atomic E-state index is 13.7. The number of Topliss-reactive ketones (excluding diaryl/α,β-unsaturated/α-hetero) is 2. The second-order valence-electron chi connectivity index (χ2n) is 28.8. The van der Waals surface area contributed by atoms with Crippen molar-refractivity contribution in [1.29, 1.82) is 0 Å². The van der Waals surface area contributed by atoms with Gasteiger partial charge in [0.25, 0.3) is 0 Å². The molecule has 502 valence electrons. The zero-order valence-electron chi connectivity index (χ0n) is 55.7. The van der Waals surface area contributed by atoms with E-state index in [0.29, 0.717) is 73.5 Å². The van der Waals surface area contributed by atoms with Crippen molar-refractivity contribution in [2.45, 2.75) is 225 Å². The van der Waals surface area contributed by atoms with Gasteiger partial charge in [0.2, 0.25) is 0 Å². The molecule has 0 aromatic heterocycles. The molecule has 2 aromatic carbocycles. The molecule has 6 fully saturated rings. The third-order valence-corrected chi connectivity index (χ3v) is 25.4. The minimum atomic E-state index is -0.862. The molecule has 0 amide bonds. The van der Waals surface area contributed by atoms with Crippen LogP contribution in [0.2, 0.25) is 0 Å². The van der Waals surface area contributed by atoms with Crippen molar-refractivity contribution in [2.75, 3.05) is 47.3 Å². The van der Waals surface area contributed by atoms with Crippen LogP contribution in [-0.4, -0.2) is 73.2 Å². The third-order valence-electron chi connectivity index (χ3n) is 22.0. The van der Waals surface area contributed by atoms with Crippen molar-refractivity contribution in [3.8, 4) is 12.3 Å². The number of rotatable bonds is 15. The van der Waals surface area contributed by atoms with Gasteiger partial charge in [0.05, 0.1) is 37.8 Å². The molecule has 8 aliphatic rings. The molecule has 10 atom stereocenters. The normalized spacial score (nSPS) is 30.9. The number of alkyl halides is 1. The summed E-state index contributed by atoms with van der Waals surface area (Å²) in [7, 11) is 5.41. The van der Waals surface area contributed by atoms with Crippen LogP contribution in [0.1, 0.15) is 235 Å². The van der Waals surface area contributed by atoms with Gasteiger partial charge in [0, 0.05) is 70.0 Å². The quantitative estimate of drug-likeness (QED) is 0.0427. The zero-order chi connectivity index (χ0) is 65.2. The summed E-state index contributed by atoms with van der Waals surface area (Å²) < 4.78 is 25.9. The molecule has 3 heterocycles. The first-order valence-electron chi connectivity index (χ1n) is 32.5. The van der Waals surface area contributed by atoms with Crippen LogP contribution in [0.3, 0.4) is 0 Å². The van der Waals surface area contributed by atoms with Crippen LogP contribution in [0.15, 0.2) is 83.7 Å². The Bertz CT molecular complexity index is 2870. The number of ether oxygens (including phenoxy) is 4. The second-order valence-corrected chi connectivity index (χ2v) is 32.5. The number of hydrogen-bond donors (Lipinski definition) is 0. The Morgan fingerprint density at radius 3 is 1.59 bits per heavy atom. The van der Waals surface area contributed by atoms with Crippen LogP contribution in [-0.2, 0) is 38.1 Å². The van der Waals surface area contributed by atoms with Crippen LogP contribution in [0.5, 0.6) is 0 Å². The third kappa shape index (κ3) is 14.0. The van der Waals surface area contributed by atoms with E-state index in [1.165, 1.54) is 44.5 Å². The molecule has 14 heteroatoms. The van der Waals surface area contributed by atoms with Crippen LogP contribution in [0.25, 0.3) is 0 Å². The average molecular weight is 1410 g/mol. The Hall–Kier alpha value is -3.32. The van der Waals surface area contributed by atoms with Gasteiger partial charge in [-0.2, -0.15) is 0 Å². The van der Waals surface area contributed by atoms with E-state index in [0.717, 1.165) is 69.5 Å². The molecule has 4 saturated carbocycles. The van der Waals surface area contributed by atoms with Gasteiger partial charge in [-0.05, 0) is 109 Å². The number of allylic oxidation sites excluding steroid dienone is 4. The zero-order valence-corrected chi connectivity index (χ0v) is 60.1. The van der Waals surface area contributed by atoms with Crippen molar-refractivity contribution in [2.24, 2.45) is 56.2 Å². The van der Waals surface area contributed by atoms with E-state index in [1.54, 1.807) is 13.0 Å². The molecule has 10 nitrogen and oxygen atoms in total. The van der Waals surface area contributed by atoms with Crippen molar-refractivity contribution in [1.82, 2.24) is 0 Å². The molecule has 2 aromatic rings. The van der Waals surface area contributed by atoms with Crippen LogP contribution < -0.4 is 29.9 Å². The molecule has 10 rings (SSSR count). The number of aldehydes is 2. The Labute approximate surface area is 568 Å². The van der Waals surface area contributed by atoms with Gasteiger partial charge in [0.1, 0.15) is 41.1 Å². The van der Waals surface area contributed by atoms with Crippen LogP contribution in [0.4, 0.5) is 11.4 Å². The first-order valence-corrected chi connectivity index (χ1v) is 37.6. The van der Waals surface area contributed by atoms with Gasteiger partial charge in [-0.25, -0.2) is 0 Å². The topological polar surface area (TPSA) is 112 Å². The van der Waals surface area contributed by atoms with Crippen LogP contribution >= 0.6 is 32.1 Å². The Kier molecular flexibility index (Phi) is 26.3. The molecule has 2 saturated heterocycles. The van der Waals surface area contributed by atoms with E-state index in [9.17, 15) is 19.2 Å². The Morgan fingerprint density at radius 2 is 1.20 bits per heavy atom. The number of carbonyl (C=O) groups is 4. The number of halogens is 4. The van der Waals surface area contributed by atoms with E-state index in [4.69, 9.17) is 57.5 Å². The Morgan fingerprint density at radius 1 is 0.744 bits per heavy atom. The molecular formula is C76H111Cl3IN2O8-. The maximum absolute atomic E-state index is 13.7. The number of benzene rings is 2. The predicted molar refractivity (Wildman–Crippen MR) is 370 cm³/mol. The number of terminal acetylenes is 1. The minimum absolute atomic E-state index is 0. The summed E-state index contributed by atoms with van der Waals surface area (Å²) in [4.78, 5) is 55.5. The predicted octanol–water partition coefficient (Wildman–Crippen LogP) is 16.4. The van der Waals surface area contributed by atoms with Gasteiger partial charge in [-0.15, -0.1) is 19.6 Å². The van der Waals surface area contributed by atoms with E-state index in [1.807, 2.05) is 26.0 Å². The molecule has 5 aliphatic carbocycles. The summed E-state index contributed by atoms with van der Waals surface area (Å²) in [5.74, 6) is 3.52. The van der Waals surface area contributed by atoms with E-state index in [2.05, 4.69) is 148 Å². The number of fused-ring (bicyclic) bond motifs is 2.